The molecule has 3 heterocycles. The van der Waals surface area contributed by atoms with Crippen LogP contribution in [0.5, 0.6) is 0 Å². The molecule has 0 aliphatic carbocycles. The molecule has 24 heavy (non-hydrogen) atoms. The molecule has 2 unspecified atom stereocenters. The number of oxazole rings is 1. The Kier molecular flexibility index (Phi) is 6.31. The number of rotatable bonds is 7. The van der Waals surface area contributed by atoms with E-state index in [4.69, 9.17) is 9.15 Å². The maximum atomic E-state index is 5.83. The summed E-state index contributed by atoms with van der Waals surface area (Å²) in [6.45, 7) is 13.1. The predicted octanol–water partition coefficient (Wildman–Crippen LogP) is 3.08. The predicted molar refractivity (Wildman–Crippen MR) is 94.9 cm³/mol. The quantitative estimate of drug-likeness (QED) is 0.766. The van der Waals surface area contributed by atoms with Crippen LogP contribution in [0.25, 0.3) is 0 Å². The molecule has 2 saturated heterocycles. The number of aryl methyl sites for hydroxylation is 1. The van der Waals surface area contributed by atoms with Crippen LogP contribution in [0.15, 0.2) is 10.7 Å². The second-order valence-corrected chi connectivity index (χ2v) is 7.63. The van der Waals surface area contributed by atoms with Gasteiger partial charge in [-0.15, -0.1) is 0 Å². The van der Waals surface area contributed by atoms with Crippen LogP contribution in [0.4, 0.5) is 0 Å². The first kappa shape index (κ1) is 17.9. The van der Waals surface area contributed by atoms with Crippen molar-refractivity contribution in [1.82, 2.24) is 14.8 Å². The molecule has 1 aromatic rings. The third-order valence-electron chi connectivity index (χ3n) is 5.72. The topological polar surface area (TPSA) is 41.7 Å². The Morgan fingerprint density at radius 1 is 1.21 bits per heavy atom. The van der Waals surface area contributed by atoms with Gasteiger partial charge in [-0.05, 0) is 38.5 Å². The summed E-state index contributed by atoms with van der Waals surface area (Å²) >= 11 is 0. The molecule has 2 aliphatic rings. The highest BCUT2D eigenvalue weighted by molar-refractivity contribution is 4.95. The number of nitrogens with zero attached hydrogens (tertiary/aromatic N) is 3. The summed E-state index contributed by atoms with van der Waals surface area (Å²) in [6, 6.07) is 0.672. The highest BCUT2D eigenvalue weighted by Crippen LogP contribution is 2.25. The third-order valence-corrected chi connectivity index (χ3v) is 5.72. The molecule has 5 heteroatoms. The fourth-order valence-corrected chi connectivity index (χ4v) is 4.00. The second kappa shape index (κ2) is 8.45. The van der Waals surface area contributed by atoms with Crippen molar-refractivity contribution in [3.8, 4) is 0 Å². The van der Waals surface area contributed by atoms with Crippen molar-refractivity contribution in [1.29, 1.82) is 0 Å². The van der Waals surface area contributed by atoms with Gasteiger partial charge in [0.15, 0.2) is 5.89 Å². The molecule has 0 saturated carbocycles. The number of hydrogen-bond acceptors (Lipinski definition) is 5. The van der Waals surface area contributed by atoms with Crippen molar-refractivity contribution in [3.63, 3.8) is 0 Å². The van der Waals surface area contributed by atoms with Gasteiger partial charge in [-0.1, -0.05) is 6.92 Å². The largest absolute Gasteiger partial charge is 0.449 e. The summed E-state index contributed by atoms with van der Waals surface area (Å²) in [4.78, 5) is 9.54. The molecule has 3 atom stereocenters. The fraction of sp³-hybridized carbons (Fsp3) is 0.842. The summed E-state index contributed by atoms with van der Waals surface area (Å²) in [6.07, 6.45) is 7.37. The minimum Gasteiger partial charge on any atom is -0.449 e. The van der Waals surface area contributed by atoms with Gasteiger partial charge < -0.3 is 9.15 Å². The zero-order valence-corrected chi connectivity index (χ0v) is 15.5. The van der Waals surface area contributed by atoms with Gasteiger partial charge in [-0.25, -0.2) is 4.98 Å². The van der Waals surface area contributed by atoms with E-state index in [0.717, 1.165) is 50.9 Å². The smallest absolute Gasteiger partial charge is 0.191 e. The van der Waals surface area contributed by atoms with Gasteiger partial charge in [0.2, 0.25) is 0 Å². The lowest BCUT2D eigenvalue weighted by Gasteiger charge is -2.38. The molecular formula is C19H33N3O2. The molecule has 0 N–H and O–H groups in total. The summed E-state index contributed by atoms with van der Waals surface area (Å²) in [5, 5.41) is 0. The van der Waals surface area contributed by atoms with Crippen molar-refractivity contribution in [2.75, 3.05) is 32.8 Å². The standard InChI is InChI=1S/C19H33N3O2/c1-15(19-5-4-12-23-19)6-7-16(2)22-10-8-21(9-11-22)13-18-14-24-17(3)20-18/h14-16,19H,4-13H2,1-3H3/t15?,16?,19-/m0/s1. The summed E-state index contributed by atoms with van der Waals surface area (Å²) < 4.78 is 11.1. The van der Waals surface area contributed by atoms with Crippen LogP contribution in [0.1, 0.15) is 51.1 Å². The molecule has 0 spiro atoms. The zero-order valence-electron chi connectivity index (χ0n) is 15.5. The first-order valence-corrected chi connectivity index (χ1v) is 9.61. The van der Waals surface area contributed by atoms with E-state index in [1.54, 1.807) is 6.26 Å². The number of ether oxygens (including phenoxy) is 1. The van der Waals surface area contributed by atoms with Gasteiger partial charge in [0.1, 0.15) is 6.26 Å². The zero-order chi connectivity index (χ0) is 16.9. The van der Waals surface area contributed by atoms with Gasteiger partial charge >= 0.3 is 0 Å². The Bertz CT molecular complexity index is 491. The Morgan fingerprint density at radius 2 is 2.00 bits per heavy atom. The van der Waals surface area contributed by atoms with E-state index in [1.165, 1.54) is 25.7 Å². The SMILES string of the molecule is Cc1nc(CN2CCN(C(C)CCC(C)[C@@H]3CCCO3)CC2)co1. The van der Waals surface area contributed by atoms with Crippen LogP contribution in [0.2, 0.25) is 0 Å². The van der Waals surface area contributed by atoms with Crippen molar-refractivity contribution < 1.29 is 9.15 Å². The molecule has 3 rings (SSSR count). The van der Waals surface area contributed by atoms with Crippen LogP contribution in [0.3, 0.4) is 0 Å². The summed E-state index contributed by atoms with van der Waals surface area (Å²) in [5.74, 6) is 1.46. The van der Waals surface area contributed by atoms with E-state index in [1.807, 2.05) is 6.92 Å². The molecule has 1 aromatic heterocycles. The van der Waals surface area contributed by atoms with Crippen molar-refractivity contribution in [2.45, 2.75) is 65.1 Å². The minimum absolute atomic E-state index is 0.514. The molecule has 2 aliphatic heterocycles. The first-order chi connectivity index (χ1) is 11.6. The van der Waals surface area contributed by atoms with Crippen LogP contribution < -0.4 is 0 Å². The first-order valence-electron chi connectivity index (χ1n) is 9.61. The molecule has 136 valence electrons. The van der Waals surface area contributed by atoms with Crippen molar-refractivity contribution in [2.24, 2.45) is 5.92 Å². The van der Waals surface area contributed by atoms with E-state index in [-0.39, 0.29) is 0 Å². The lowest BCUT2D eigenvalue weighted by molar-refractivity contribution is 0.0561. The van der Waals surface area contributed by atoms with Crippen LogP contribution in [-0.2, 0) is 11.3 Å². The Labute approximate surface area is 146 Å². The van der Waals surface area contributed by atoms with Gasteiger partial charge in [0, 0.05) is 52.3 Å². The average molecular weight is 335 g/mol. The van der Waals surface area contributed by atoms with Crippen LogP contribution in [0, 0.1) is 12.8 Å². The van der Waals surface area contributed by atoms with Gasteiger partial charge in [-0.3, -0.25) is 9.80 Å². The summed E-state index contributed by atoms with van der Waals surface area (Å²) in [7, 11) is 0. The van der Waals surface area contributed by atoms with Gasteiger partial charge in [-0.2, -0.15) is 0 Å². The van der Waals surface area contributed by atoms with E-state index in [9.17, 15) is 0 Å². The van der Waals surface area contributed by atoms with E-state index >= 15 is 0 Å². The molecule has 0 radical (unpaired) electrons. The van der Waals surface area contributed by atoms with E-state index in [0.29, 0.717) is 18.1 Å². The van der Waals surface area contributed by atoms with Gasteiger partial charge in [0.05, 0.1) is 11.8 Å². The monoisotopic (exact) mass is 335 g/mol. The Morgan fingerprint density at radius 3 is 2.62 bits per heavy atom. The second-order valence-electron chi connectivity index (χ2n) is 7.63. The highest BCUT2D eigenvalue weighted by Gasteiger charge is 2.25. The summed E-state index contributed by atoms with van der Waals surface area (Å²) in [5.41, 5.74) is 1.05. The highest BCUT2D eigenvalue weighted by atomic mass is 16.5. The molecule has 0 bridgehead atoms. The van der Waals surface area contributed by atoms with E-state index < -0.39 is 0 Å². The minimum atomic E-state index is 0.514. The lowest BCUT2D eigenvalue weighted by atomic mass is 9.94. The Balaban J connectivity index is 1.36. The fourth-order valence-electron chi connectivity index (χ4n) is 4.00. The van der Waals surface area contributed by atoms with Gasteiger partial charge in [0.25, 0.3) is 0 Å². The average Bonchev–Trinajstić information content (AvgIpc) is 3.25. The molecule has 5 nitrogen and oxygen atoms in total. The Hall–Kier alpha value is -0.910. The normalized spacial score (nSPS) is 25.9. The number of aromatic nitrogens is 1. The van der Waals surface area contributed by atoms with Crippen molar-refractivity contribution in [3.05, 3.63) is 17.8 Å². The molecule has 0 aromatic carbocycles. The maximum Gasteiger partial charge on any atom is 0.191 e. The number of hydrogen-bond donors (Lipinski definition) is 0. The molecular weight excluding hydrogens is 302 g/mol. The third kappa shape index (κ3) is 4.80. The van der Waals surface area contributed by atoms with Crippen molar-refractivity contribution >= 4 is 0 Å². The number of piperazine rings is 1. The maximum absolute atomic E-state index is 5.83. The molecule has 2 fully saturated rings. The molecule has 0 amide bonds. The van der Waals surface area contributed by atoms with Crippen LogP contribution >= 0.6 is 0 Å². The lowest BCUT2D eigenvalue weighted by Crippen LogP contribution is -2.49. The van der Waals surface area contributed by atoms with E-state index in [2.05, 4.69) is 28.6 Å². The van der Waals surface area contributed by atoms with Crippen LogP contribution in [-0.4, -0.2) is 59.7 Å².